The summed E-state index contributed by atoms with van der Waals surface area (Å²) in [6.45, 7) is 4.83. The highest BCUT2D eigenvalue weighted by molar-refractivity contribution is 7.89. The van der Waals surface area contributed by atoms with Crippen LogP contribution in [0.3, 0.4) is 0 Å². The van der Waals surface area contributed by atoms with Crippen molar-refractivity contribution in [1.82, 2.24) is 19.6 Å². The summed E-state index contributed by atoms with van der Waals surface area (Å²) in [6, 6.07) is 10.2. The number of ether oxygens (including phenoxy) is 1. The topological polar surface area (TPSA) is 104 Å². The lowest BCUT2D eigenvalue weighted by Gasteiger charge is -2.26. The van der Waals surface area contributed by atoms with Crippen LogP contribution in [0.1, 0.15) is 36.1 Å². The molecule has 1 aromatic heterocycles. The number of sulfonamides is 1. The van der Waals surface area contributed by atoms with Crippen LogP contribution >= 0.6 is 0 Å². The normalized spacial score (nSPS) is 16.4. The van der Waals surface area contributed by atoms with Crippen LogP contribution in [0.2, 0.25) is 0 Å². The van der Waals surface area contributed by atoms with E-state index in [9.17, 15) is 17.6 Å². The van der Waals surface area contributed by atoms with Gasteiger partial charge < -0.3 is 15.0 Å². The number of nitrogens with zero attached hydrogens (tertiary/aromatic N) is 2. The van der Waals surface area contributed by atoms with Gasteiger partial charge in [-0.05, 0) is 36.2 Å². The molecule has 0 bridgehead atoms. The second-order valence-electron chi connectivity index (χ2n) is 7.99. The Bertz CT molecular complexity index is 1200. The van der Waals surface area contributed by atoms with Crippen LogP contribution in [0, 0.1) is 11.7 Å². The maximum absolute atomic E-state index is 14.6. The molecule has 10 heteroatoms. The third-order valence-corrected chi connectivity index (χ3v) is 7.34. The molecule has 170 valence electrons. The van der Waals surface area contributed by atoms with Crippen molar-refractivity contribution in [3.63, 3.8) is 0 Å². The van der Waals surface area contributed by atoms with E-state index in [1.54, 1.807) is 0 Å². The van der Waals surface area contributed by atoms with Gasteiger partial charge in [-0.25, -0.2) is 17.8 Å². The first-order valence-electron chi connectivity index (χ1n) is 10.4. The zero-order chi connectivity index (χ0) is 22.9. The van der Waals surface area contributed by atoms with Gasteiger partial charge in [0.25, 0.3) is 5.91 Å². The van der Waals surface area contributed by atoms with Gasteiger partial charge in [-0.2, -0.15) is 4.31 Å². The van der Waals surface area contributed by atoms with E-state index in [1.165, 1.54) is 10.4 Å². The number of morpholine rings is 1. The Hall–Kier alpha value is -2.82. The van der Waals surface area contributed by atoms with Crippen molar-refractivity contribution in [3.05, 3.63) is 59.7 Å². The van der Waals surface area contributed by atoms with Crippen LogP contribution in [0.5, 0.6) is 0 Å². The van der Waals surface area contributed by atoms with Crippen molar-refractivity contribution in [2.75, 3.05) is 26.3 Å². The predicted molar refractivity (Wildman–Crippen MR) is 117 cm³/mol. The fraction of sp³-hybridized carbons (Fsp3) is 0.364. The third kappa shape index (κ3) is 4.38. The van der Waals surface area contributed by atoms with Crippen molar-refractivity contribution in [2.45, 2.75) is 24.8 Å². The minimum Gasteiger partial charge on any atom is -0.379 e. The Morgan fingerprint density at radius 2 is 1.91 bits per heavy atom. The van der Waals surface area contributed by atoms with E-state index in [2.05, 4.69) is 15.3 Å². The number of nitrogens with one attached hydrogen (secondary N) is 2. The Labute approximate surface area is 185 Å². The van der Waals surface area contributed by atoms with Crippen LogP contribution in [0.15, 0.2) is 47.4 Å². The number of aromatic amines is 1. The van der Waals surface area contributed by atoms with E-state index in [0.29, 0.717) is 19.0 Å². The number of halogens is 1. The summed E-state index contributed by atoms with van der Waals surface area (Å²) in [5, 5.41) is 2.81. The van der Waals surface area contributed by atoms with Gasteiger partial charge in [0.05, 0.1) is 40.7 Å². The summed E-state index contributed by atoms with van der Waals surface area (Å²) >= 11 is 0. The number of para-hydroxylation sites is 2. The summed E-state index contributed by atoms with van der Waals surface area (Å²) in [6.07, 6.45) is 0. The molecule has 1 saturated heterocycles. The molecule has 8 nitrogen and oxygen atoms in total. The maximum Gasteiger partial charge on any atom is 0.254 e. The molecule has 1 amide bonds. The lowest BCUT2D eigenvalue weighted by Crippen LogP contribution is -2.40. The molecule has 4 rings (SSSR count). The van der Waals surface area contributed by atoms with E-state index in [4.69, 9.17) is 4.74 Å². The van der Waals surface area contributed by atoms with Gasteiger partial charge >= 0.3 is 0 Å². The molecule has 3 aromatic rings. The van der Waals surface area contributed by atoms with Crippen LogP contribution in [-0.4, -0.2) is 54.9 Å². The number of aromatic nitrogens is 2. The molecule has 1 atom stereocenters. The standard InChI is InChI=1S/C22H25FN4O4S/c1-14(2)20(21-24-18-5-3-4-6-19(18)25-21)26-22(28)16-13-15(7-8-17(16)23)32(29,30)27-9-11-31-12-10-27/h3-8,13-14,20H,9-12H2,1-2H3,(H,24,25)(H,26,28)/t20-/m0/s1. The molecule has 1 aliphatic rings. The van der Waals surface area contributed by atoms with E-state index in [-0.39, 0.29) is 29.5 Å². The van der Waals surface area contributed by atoms with E-state index < -0.39 is 27.8 Å². The van der Waals surface area contributed by atoms with Gasteiger partial charge in [-0.1, -0.05) is 26.0 Å². The van der Waals surface area contributed by atoms with Crippen molar-refractivity contribution < 1.29 is 22.3 Å². The van der Waals surface area contributed by atoms with Crippen molar-refractivity contribution in [1.29, 1.82) is 0 Å². The number of amides is 1. The predicted octanol–water partition coefficient (Wildman–Crippen LogP) is 2.85. The average molecular weight is 461 g/mol. The van der Waals surface area contributed by atoms with Crippen molar-refractivity contribution >= 4 is 27.0 Å². The third-order valence-electron chi connectivity index (χ3n) is 5.45. The number of rotatable bonds is 6. The highest BCUT2D eigenvalue weighted by Gasteiger charge is 2.29. The molecule has 1 aliphatic heterocycles. The Kier molecular flexibility index (Phi) is 6.27. The number of fused-ring (bicyclic) bond motifs is 1. The van der Waals surface area contributed by atoms with Crippen LogP contribution in [0.25, 0.3) is 11.0 Å². The molecule has 0 unspecified atom stereocenters. The summed E-state index contributed by atoms with van der Waals surface area (Å²) in [5.74, 6) is -1.01. The maximum atomic E-state index is 14.6. The van der Waals surface area contributed by atoms with E-state index in [0.717, 1.165) is 23.2 Å². The first-order chi connectivity index (χ1) is 15.3. The van der Waals surface area contributed by atoms with Gasteiger partial charge in [-0.15, -0.1) is 0 Å². The van der Waals surface area contributed by atoms with Gasteiger partial charge in [0.15, 0.2) is 0 Å². The van der Waals surface area contributed by atoms with Gasteiger partial charge in [0.1, 0.15) is 11.6 Å². The Morgan fingerprint density at radius 3 is 2.59 bits per heavy atom. The van der Waals surface area contributed by atoms with Crippen LogP contribution in [-0.2, 0) is 14.8 Å². The highest BCUT2D eigenvalue weighted by atomic mass is 32.2. The zero-order valence-corrected chi connectivity index (χ0v) is 18.7. The number of carbonyl (C=O) groups excluding carboxylic acids is 1. The number of H-pyrrole nitrogens is 1. The molecular formula is C22H25FN4O4S. The smallest absolute Gasteiger partial charge is 0.254 e. The Morgan fingerprint density at radius 1 is 1.19 bits per heavy atom. The second kappa shape index (κ2) is 8.97. The minimum absolute atomic E-state index is 0.0529. The van der Waals surface area contributed by atoms with Gasteiger partial charge in [0.2, 0.25) is 10.0 Å². The van der Waals surface area contributed by atoms with E-state index >= 15 is 0 Å². The molecule has 2 aromatic carbocycles. The summed E-state index contributed by atoms with van der Waals surface area (Å²) in [7, 11) is -3.86. The lowest BCUT2D eigenvalue weighted by molar-refractivity contribution is 0.0730. The highest BCUT2D eigenvalue weighted by Crippen LogP contribution is 2.24. The molecule has 1 fully saturated rings. The second-order valence-corrected chi connectivity index (χ2v) is 9.93. The molecule has 2 heterocycles. The van der Waals surface area contributed by atoms with Gasteiger partial charge in [0, 0.05) is 13.1 Å². The zero-order valence-electron chi connectivity index (χ0n) is 17.8. The van der Waals surface area contributed by atoms with Crippen LogP contribution in [0.4, 0.5) is 4.39 Å². The fourth-order valence-corrected chi connectivity index (χ4v) is 5.10. The van der Waals surface area contributed by atoms with Crippen molar-refractivity contribution in [3.8, 4) is 0 Å². The van der Waals surface area contributed by atoms with Gasteiger partial charge in [-0.3, -0.25) is 4.79 Å². The number of carbonyl (C=O) groups is 1. The molecule has 0 spiro atoms. The molecule has 0 aliphatic carbocycles. The van der Waals surface area contributed by atoms with E-state index in [1.807, 2.05) is 38.1 Å². The molecule has 32 heavy (non-hydrogen) atoms. The first-order valence-corrected chi connectivity index (χ1v) is 11.8. The fourth-order valence-electron chi connectivity index (χ4n) is 3.66. The number of hydrogen-bond acceptors (Lipinski definition) is 5. The number of imidazole rings is 1. The first kappa shape index (κ1) is 22.4. The monoisotopic (exact) mass is 460 g/mol. The summed E-state index contributed by atoms with van der Waals surface area (Å²) in [4.78, 5) is 20.6. The largest absolute Gasteiger partial charge is 0.379 e. The SMILES string of the molecule is CC(C)[C@H](NC(=O)c1cc(S(=O)(=O)N2CCOCC2)ccc1F)c1nc2ccccc2[nH]1. The minimum atomic E-state index is -3.86. The molecule has 0 radical (unpaired) electrons. The molecular weight excluding hydrogens is 435 g/mol. The lowest BCUT2D eigenvalue weighted by atomic mass is 10.0. The summed E-state index contributed by atoms with van der Waals surface area (Å²) in [5.41, 5.74) is 1.25. The quantitative estimate of drug-likeness (QED) is 0.589. The summed E-state index contributed by atoms with van der Waals surface area (Å²) < 4.78 is 46.9. The molecule has 2 N–H and O–H groups in total. The Balaban J connectivity index is 1.62. The average Bonchev–Trinajstić information content (AvgIpc) is 3.21. The number of benzene rings is 2. The molecule has 0 saturated carbocycles. The number of hydrogen-bond donors (Lipinski definition) is 2. The van der Waals surface area contributed by atoms with Crippen molar-refractivity contribution in [2.24, 2.45) is 5.92 Å². The van der Waals surface area contributed by atoms with Crippen LogP contribution < -0.4 is 5.32 Å².